The number of anilines is 1. The van der Waals surface area contributed by atoms with Crippen LogP contribution < -0.4 is 5.73 Å². The fourth-order valence-electron chi connectivity index (χ4n) is 1.59. The molecule has 0 spiro atoms. The van der Waals surface area contributed by atoms with Gasteiger partial charge in [-0.1, -0.05) is 29.8 Å². The van der Waals surface area contributed by atoms with Gasteiger partial charge in [-0.2, -0.15) is 0 Å². The monoisotopic (exact) mass is 297 g/mol. The van der Waals surface area contributed by atoms with Crippen molar-refractivity contribution in [1.82, 2.24) is 9.97 Å². The number of nitrogen functional groups attached to an aromatic ring is 1. The Kier molecular flexibility index (Phi) is 5.17. The predicted octanol–water partition coefficient (Wildman–Crippen LogP) is 3.59. The Labute approximate surface area is 127 Å². The molecule has 5 heteroatoms. The topological polar surface area (TPSA) is 68.9 Å². The van der Waals surface area contributed by atoms with Crippen molar-refractivity contribution in [2.75, 3.05) is 5.73 Å². The van der Waals surface area contributed by atoms with E-state index in [1.807, 2.05) is 5.38 Å². The number of hydrogen-bond acceptors (Lipinski definition) is 5. The molecule has 0 amide bonds. The molecule has 2 N–H and O–H groups in total. The van der Waals surface area contributed by atoms with Crippen molar-refractivity contribution < 1.29 is 4.79 Å². The number of carbonyl (C=O) groups excluding carboxylic acids is 1. The second-order valence-corrected chi connectivity index (χ2v) is 5.23. The minimum Gasteiger partial charge on any atom is -0.375 e. The number of carbonyl (C=O) groups is 1. The lowest BCUT2D eigenvalue weighted by molar-refractivity contribution is 0.112. The van der Waals surface area contributed by atoms with Crippen LogP contribution in [0.25, 0.3) is 11.3 Å². The quantitative estimate of drug-likeness (QED) is 0.734. The largest absolute Gasteiger partial charge is 0.375 e. The van der Waals surface area contributed by atoms with E-state index < -0.39 is 0 Å². The van der Waals surface area contributed by atoms with E-state index in [1.54, 1.807) is 18.3 Å². The van der Waals surface area contributed by atoms with Gasteiger partial charge in [0.2, 0.25) is 0 Å². The number of benzene rings is 1. The number of thiazole rings is 1. The Bertz CT molecular complexity index is 693. The Balaban J connectivity index is 0.000000173. The van der Waals surface area contributed by atoms with Gasteiger partial charge in [0.05, 0.1) is 5.69 Å². The van der Waals surface area contributed by atoms with Crippen LogP contribution in [0.3, 0.4) is 0 Å². The molecular weight excluding hydrogens is 282 g/mol. The first-order chi connectivity index (χ1) is 10.2. The molecule has 4 nitrogen and oxygen atoms in total. The van der Waals surface area contributed by atoms with E-state index in [-0.39, 0.29) is 0 Å². The standard InChI is InChI=1S/C10H10N2S.C6H5NO/c1-7-2-4-8(5-3-7)9-6-13-10(11)12-9;8-5-6-2-1-3-7-4-6/h2-6H,1H3,(H2,11,12);1-5H. The predicted molar refractivity (Wildman–Crippen MR) is 86.3 cm³/mol. The highest BCUT2D eigenvalue weighted by Crippen LogP contribution is 2.22. The molecule has 3 rings (SSSR count). The van der Waals surface area contributed by atoms with Crippen LogP contribution in [0.15, 0.2) is 54.2 Å². The zero-order valence-electron chi connectivity index (χ0n) is 11.6. The van der Waals surface area contributed by atoms with Crippen LogP contribution in [-0.4, -0.2) is 16.3 Å². The Morgan fingerprint density at radius 2 is 1.95 bits per heavy atom. The zero-order chi connectivity index (χ0) is 15.1. The van der Waals surface area contributed by atoms with Crippen LogP contribution in [0.4, 0.5) is 5.13 Å². The highest BCUT2D eigenvalue weighted by molar-refractivity contribution is 7.13. The van der Waals surface area contributed by atoms with E-state index in [2.05, 4.69) is 41.2 Å². The van der Waals surface area contributed by atoms with E-state index in [4.69, 9.17) is 5.73 Å². The summed E-state index contributed by atoms with van der Waals surface area (Å²) in [5.74, 6) is 0. The molecule has 106 valence electrons. The van der Waals surface area contributed by atoms with Crippen molar-refractivity contribution in [3.8, 4) is 11.3 Å². The van der Waals surface area contributed by atoms with Gasteiger partial charge in [-0.15, -0.1) is 11.3 Å². The number of hydrogen-bond donors (Lipinski definition) is 1. The molecule has 0 saturated carbocycles. The molecule has 0 aliphatic heterocycles. The molecule has 3 aromatic rings. The summed E-state index contributed by atoms with van der Waals surface area (Å²) < 4.78 is 0. The van der Waals surface area contributed by atoms with Gasteiger partial charge in [0.25, 0.3) is 0 Å². The van der Waals surface area contributed by atoms with Crippen LogP contribution in [-0.2, 0) is 0 Å². The summed E-state index contributed by atoms with van der Waals surface area (Å²) in [5, 5.41) is 2.59. The lowest BCUT2D eigenvalue weighted by atomic mass is 10.1. The van der Waals surface area contributed by atoms with Crippen molar-refractivity contribution in [2.45, 2.75) is 6.92 Å². The first kappa shape index (κ1) is 14.9. The molecule has 21 heavy (non-hydrogen) atoms. The van der Waals surface area contributed by atoms with Gasteiger partial charge in [-0.25, -0.2) is 4.98 Å². The van der Waals surface area contributed by atoms with Crippen LogP contribution in [0.1, 0.15) is 15.9 Å². The van der Waals surface area contributed by atoms with Gasteiger partial charge in [0, 0.05) is 28.9 Å². The molecular formula is C16H15N3OS. The van der Waals surface area contributed by atoms with Gasteiger partial charge < -0.3 is 5.73 Å². The summed E-state index contributed by atoms with van der Waals surface area (Å²) in [6.45, 7) is 2.07. The molecule has 0 aliphatic carbocycles. The highest BCUT2D eigenvalue weighted by Gasteiger charge is 2.00. The molecule has 0 bridgehead atoms. The van der Waals surface area contributed by atoms with E-state index in [0.717, 1.165) is 17.5 Å². The maximum atomic E-state index is 9.97. The minimum absolute atomic E-state index is 0.618. The highest BCUT2D eigenvalue weighted by atomic mass is 32.1. The van der Waals surface area contributed by atoms with E-state index in [0.29, 0.717) is 10.7 Å². The first-order valence-corrected chi connectivity index (χ1v) is 7.20. The van der Waals surface area contributed by atoms with Gasteiger partial charge >= 0.3 is 0 Å². The van der Waals surface area contributed by atoms with Gasteiger partial charge in [0.15, 0.2) is 11.4 Å². The smallest absolute Gasteiger partial charge is 0.180 e. The van der Waals surface area contributed by atoms with Gasteiger partial charge in [-0.3, -0.25) is 9.78 Å². The molecule has 0 aliphatic rings. The van der Waals surface area contributed by atoms with Crippen molar-refractivity contribution in [2.24, 2.45) is 0 Å². The minimum atomic E-state index is 0.618. The molecule has 0 fully saturated rings. The summed E-state index contributed by atoms with van der Waals surface area (Å²) in [4.78, 5) is 17.9. The van der Waals surface area contributed by atoms with Crippen molar-refractivity contribution in [3.63, 3.8) is 0 Å². The summed E-state index contributed by atoms with van der Waals surface area (Å²) in [6, 6.07) is 11.7. The molecule has 2 aromatic heterocycles. The van der Waals surface area contributed by atoms with E-state index >= 15 is 0 Å². The average molecular weight is 297 g/mol. The fraction of sp³-hybridized carbons (Fsp3) is 0.0625. The molecule has 0 unspecified atom stereocenters. The number of aryl methyl sites for hydroxylation is 1. The van der Waals surface area contributed by atoms with Gasteiger partial charge in [0.1, 0.15) is 0 Å². The summed E-state index contributed by atoms with van der Waals surface area (Å²) >= 11 is 1.47. The van der Waals surface area contributed by atoms with Gasteiger partial charge in [-0.05, 0) is 19.1 Å². The van der Waals surface area contributed by atoms with E-state index in [1.165, 1.54) is 23.1 Å². The maximum absolute atomic E-state index is 9.97. The normalized spacial score (nSPS) is 9.57. The van der Waals surface area contributed by atoms with Crippen LogP contribution in [0.2, 0.25) is 0 Å². The van der Waals surface area contributed by atoms with Crippen molar-refractivity contribution >= 4 is 22.8 Å². The average Bonchev–Trinajstić information content (AvgIpc) is 2.96. The third-order valence-corrected chi connectivity index (χ3v) is 3.36. The lowest BCUT2D eigenvalue weighted by Gasteiger charge is -1.96. The van der Waals surface area contributed by atoms with Crippen LogP contribution in [0, 0.1) is 6.92 Å². The van der Waals surface area contributed by atoms with Crippen molar-refractivity contribution in [1.29, 1.82) is 0 Å². The fourth-order valence-corrected chi connectivity index (χ4v) is 2.16. The van der Waals surface area contributed by atoms with Crippen LogP contribution >= 0.6 is 11.3 Å². The Morgan fingerprint density at radius 3 is 2.43 bits per heavy atom. The lowest BCUT2D eigenvalue weighted by Crippen LogP contribution is -1.82. The zero-order valence-corrected chi connectivity index (χ0v) is 12.4. The van der Waals surface area contributed by atoms with Crippen LogP contribution in [0.5, 0.6) is 0 Å². The maximum Gasteiger partial charge on any atom is 0.180 e. The number of aromatic nitrogens is 2. The van der Waals surface area contributed by atoms with Crippen molar-refractivity contribution in [3.05, 3.63) is 65.3 Å². The third-order valence-electron chi connectivity index (χ3n) is 2.69. The summed E-state index contributed by atoms with van der Waals surface area (Å²) in [7, 11) is 0. The molecule has 0 atom stereocenters. The molecule has 0 saturated heterocycles. The Morgan fingerprint density at radius 1 is 1.19 bits per heavy atom. The summed E-state index contributed by atoms with van der Waals surface area (Å²) in [5.41, 5.74) is 9.51. The second kappa shape index (κ2) is 7.31. The third kappa shape index (κ3) is 4.50. The first-order valence-electron chi connectivity index (χ1n) is 6.32. The second-order valence-electron chi connectivity index (χ2n) is 4.34. The number of nitrogens with two attached hydrogens (primary N) is 1. The summed E-state index contributed by atoms with van der Waals surface area (Å²) in [6.07, 6.45) is 3.92. The molecule has 0 radical (unpaired) electrons. The number of nitrogens with zero attached hydrogens (tertiary/aromatic N) is 2. The SMILES string of the molecule is Cc1ccc(-c2csc(N)n2)cc1.O=Cc1cccnc1. The number of rotatable bonds is 2. The molecule has 2 heterocycles. The number of aldehydes is 1. The number of pyridine rings is 1. The Hall–Kier alpha value is -2.53. The van der Waals surface area contributed by atoms with E-state index in [9.17, 15) is 4.79 Å². The molecule has 1 aromatic carbocycles.